The van der Waals surface area contributed by atoms with E-state index >= 15 is 0 Å². The van der Waals surface area contributed by atoms with Crippen molar-refractivity contribution in [3.63, 3.8) is 0 Å². The minimum absolute atomic E-state index is 0.0856. The van der Waals surface area contributed by atoms with E-state index < -0.39 is 17.7 Å². The molecule has 1 fully saturated rings. The van der Waals surface area contributed by atoms with Crippen molar-refractivity contribution in [2.45, 2.75) is 19.4 Å². The highest BCUT2D eigenvalue weighted by atomic mass is 32.1. The Morgan fingerprint density at radius 3 is 2.58 bits per heavy atom. The number of ketones is 1. The van der Waals surface area contributed by atoms with Crippen LogP contribution >= 0.6 is 11.3 Å². The molecule has 0 spiro atoms. The highest BCUT2D eigenvalue weighted by Crippen LogP contribution is 2.41. The van der Waals surface area contributed by atoms with Gasteiger partial charge in [0.2, 0.25) is 5.78 Å². The molecular formula is C31H33N3O5S. The monoisotopic (exact) mass is 559 g/mol. The third-order valence-corrected chi connectivity index (χ3v) is 8.32. The number of morpholine rings is 1. The summed E-state index contributed by atoms with van der Waals surface area (Å²) in [5.41, 5.74) is 2.29. The molecule has 1 N–H and O–H groups in total. The van der Waals surface area contributed by atoms with E-state index in [0.29, 0.717) is 54.1 Å². The normalized spacial score (nSPS) is 17.9. The van der Waals surface area contributed by atoms with E-state index in [-0.39, 0.29) is 11.4 Å². The van der Waals surface area contributed by atoms with Crippen LogP contribution in [0.2, 0.25) is 0 Å². The van der Waals surface area contributed by atoms with Crippen molar-refractivity contribution >= 4 is 23.0 Å². The number of Topliss-reactive ketones (excluding diaryl/α,β-unsaturated/α-hetero) is 1. The van der Waals surface area contributed by atoms with Crippen molar-refractivity contribution in [1.82, 2.24) is 14.8 Å². The lowest BCUT2D eigenvalue weighted by molar-refractivity contribution is -0.129. The summed E-state index contributed by atoms with van der Waals surface area (Å²) in [6, 6.07) is 16.2. The van der Waals surface area contributed by atoms with Crippen LogP contribution in [-0.2, 0) is 9.53 Å². The fourth-order valence-corrected chi connectivity index (χ4v) is 6.11. The molecule has 0 saturated carbocycles. The van der Waals surface area contributed by atoms with E-state index in [1.807, 2.05) is 42.5 Å². The molecule has 2 aliphatic heterocycles. The Balaban J connectivity index is 1.45. The van der Waals surface area contributed by atoms with Gasteiger partial charge in [-0.1, -0.05) is 55.1 Å². The first-order valence-electron chi connectivity index (χ1n) is 13.4. The Hall–Kier alpha value is -3.79. The van der Waals surface area contributed by atoms with E-state index in [1.165, 1.54) is 11.3 Å². The number of aromatic nitrogens is 1. The van der Waals surface area contributed by atoms with E-state index in [1.54, 1.807) is 30.0 Å². The summed E-state index contributed by atoms with van der Waals surface area (Å²) in [6.45, 7) is 10.1. The van der Waals surface area contributed by atoms with Crippen LogP contribution in [0.4, 0.5) is 0 Å². The van der Waals surface area contributed by atoms with Gasteiger partial charge < -0.3 is 19.5 Å². The summed E-state index contributed by atoms with van der Waals surface area (Å²) in [6.07, 6.45) is 2.37. The highest BCUT2D eigenvalue weighted by Gasteiger charge is 2.44. The van der Waals surface area contributed by atoms with Gasteiger partial charge in [0.1, 0.15) is 17.4 Å². The minimum Gasteiger partial charge on any atom is -0.503 e. The Labute approximate surface area is 238 Å². The molecule has 0 aliphatic carbocycles. The summed E-state index contributed by atoms with van der Waals surface area (Å²) in [5.74, 6) is -0.760. The van der Waals surface area contributed by atoms with E-state index in [0.717, 1.165) is 30.8 Å². The second-order valence-electron chi connectivity index (χ2n) is 9.77. The Morgan fingerprint density at radius 1 is 1.15 bits per heavy atom. The number of ether oxygens (including phenoxy) is 2. The summed E-state index contributed by atoms with van der Waals surface area (Å²) in [4.78, 5) is 36.4. The number of thiazole rings is 1. The zero-order chi connectivity index (χ0) is 28.1. The van der Waals surface area contributed by atoms with Crippen LogP contribution in [0.1, 0.15) is 33.4 Å². The number of carbonyl (C=O) groups is 2. The molecule has 0 bridgehead atoms. The third kappa shape index (κ3) is 5.86. The van der Waals surface area contributed by atoms with Crippen molar-refractivity contribution in [1.29, 1.82) is 0 Å². The van der Waals surface area contributed by atoms with E-state index in [9.17, 15) is 14.7 Å². The molecule has 3 aromatic rings. The Bertz CT molecular complexity index is 1390. The van der Waals surface area contributed by atoms with Gasteiger partial charge in [0.05, 0.1) is 35.4 Å². The first-order chi connectivity index (χ1) is 19.5. The lowest BCUT2D eigenvalue weighted by atomic mass is 9.95. The number of benzene rings is 2. The van der Waals surface area contributed by atoms with Gasteiger partial charge in [-0.2, -0.15) is 0 Å². The van der Waals surface area contributed by atoms with Gasteiger partial charge in [-0.05, 0) is 31.0 Å². The van der Waals surface area contributed by atoms with Crippen molar-refractivity contribution < 1.29 is 24.2 Å². The second-order valence-corrected chi connectivity index (χ2v) is 10.8. The number of nitrogens with zero attached hydrogens (tertiary/aromatic N) is 3. The molecule has 1 saturated heterocycles. The van der Waals surface area contributed by atoms with E-state index in [2.05, 4.69) is 16.5 Å². The highest BCUT2D eigenvalue weighted by molar-refractivity contribution is 7.17. The number of aliphatic hydroxyl groups excluding tert-OH is 1. The maximum absolute atomic E-state index is 14.0. The smallest absolute Gasteiger partial charge is 0.290 e. The predicted octanol–water partition coefficient (Wildman–Crippen LogP) is 4.98. The number of rotatable bonds is 11. The van der Waals surface area contributed by atoms with Crippen LogP contribution in [0.15, 0.2) is 78.6 Å². The fourth-order valence-electron chi connectivity index (χ4n) is 5.09. The molecule has 1 atom stereocenters. The average Bonchev–Trinajstić information content (AvgIpc) is 3.50. The summed E-state index contributed by atoms with van der Waals surface area (Å²) in [7, 11) is 0. The SMILES string of the molecule is C=CCOc1ccc(C2C(C(=O)c3sc(-c4ccccc4)nc3C)=C(O)C(=O)N2CCCN2CCOCC2)cc1. The predicted molar refractivity (Wildman–Crippen MR) is 155 cm³/mol. The quantitative estimate of drug-likeness (QED) is 0.262. The maximum atomic E-state index is 14.0. The number of hydrogen-bond acceptors (Lipinski definition) is 8. The zero-order valence-corrected chi connectivity index (χ0v) is 23.4. The Kier molecular flexibility index (Phi) is 8.74. The minimum atomic E-state index is -0.722. The van der Waals surface area contributed by atoms with Crippen LogP contribution < -0.4 is 4.74 Å². The molecule has 5 rings (SSSR count). The first-order valence-corrected chi connectivity index (χ1v) is 14.2. The number of aryl methyl sites for hydroxylation is 1. The molecule has 0 radical (unpaired) electrons. The van der Waals surface area contributed by atoms with E-state index in [4.69, 9.17) is 9.47 Å². The molecule has 2 aliphatic rings. The number of aliphatic hydroxyl groups is 1. The van der Waals surface area contributed by atoms with Crippen LogP contribution in [0.5, 0.6) is 5.75 Å². The standard InChI is InChI=1S/C31H33N3O5S/c1-3-18-39-24-12-10-22(11-13-24)26-25(27(35)29-21(2)32-30(40-29)23-8-5-4-6-9-23)28(36)31(37)34(26)15-7-14-33-16-19-38-20-17-33/h3-6,8-13,26,36H,1,7,14-20H2,2H3. The second kappa shape index (κ2) is 12.6. The molecule has 3 heterocycles. The topological polar surface area (TPSA) is 92.2 Å². The summed E-state index contributed by atoms with van der Waals surface area (Å²) >= 11 is 1.27. The largest absolute Gasteiger partial charge is 0.503 e. The summed E-state index contributed by atoms with van der Waals surface area (Å²) in [5, 5.41) is 11.8. The molecule has 208 valence electrons. The zero-order valence-electron chi connectivity index (χ0n) is 22.5. The van der Waals surface area contributed by atoms with Gasteiger partial charge in [-0.15, -0.1) is 11.3 Å². The molecule has 40 heavy (non-hydrogen) atoms. The maximum Gasteiger partial charge on any atom is 0.290 e. The van der Waals surface area contributed by atoms with Gasteiger partial charge in [-0.3, -0.25) is 14.5 Å². The summed E-state index contributed by atoms with van der Waals surface area (Å²) < 4.78 is 11.1. The molecular weight excluding hydrogens is 526 g/mol. The van der Waals surface area contributed by atoms with Crippen molar-refractivity contribution in [3.8, 4) is 16.3 Å². The van der Waals surface area contributed by atoms with Gasteiger partial charge in [0.15, 0.2) is 5.76 Å². The van der Waals surface area contributed by atoms with Gasteiger partial charge in [0.25, 0.3) is 5.91 Å². The molecule has 8 nitrogen and oxygen atoms in total. The number of carbonyl (C=O) groups excluding carboxylic acids is 2. The van der Waals surface area contributed by atoms with Crippen LogP contribution in [0.25, 0.3) is 10.6 Å². The first kappa shape index (κ1) is 27.8. The van der Waals surface area contributed by atoms with Gasteiger partial charge in [-0.25, -0.2) is 4.98 Å². The van der Waals surface area contributed by atoms with Gasteiger partial charge >= 0.3 is 0 Å². The van der Waals surface area contributed by atoms with Crippen LogP contribution in [0, 0.1) is 6.92 Å². The fraction of sp³-hybridized carbons (Fsp3) is 0.323. The Morgan fingerprint density at radius 2 is 1.88 bits per heavy atom. The molecule has 1 amide bonds. The van der Waals surface area contributed by atoms with Crippen LogP contribution in [-0.4, -0.2) is 77.6 Å². The number of amides is 1. The van der Waals surface area contributed by atoms with Crippen LogP contribution in [0.3, 0.4) is 0 Å². The molecule has 2 aromatic carbocycles. The van der Waals surface area contributed by atoms with Crippen molar-refractivity contribution in [3.05, 3.63) is 94.7 Å². The molecule has 9 heteroatoms. The molecule has 1 aromatic heterocycles. The lowest BCUT2D eigenvalue weighted by Gasteiger charge is -2.30. The number of hydrogen-bond donors (Lipinski definition) is 1. The third-order valence-electron chi connectivity index (χ3n) is 7.11. The average molecular weight is 560 g/mol. The lowest BCUT2D eigenvalue weighted by Crippen LogP contribution is -2.39. The van der Waals surface area contributed by atoms with Crippen molar-refractivity contribution in [2.24, 2.45) is 0 Å². The molecule has 1 unspecified atom stereocenters. The van der Waals surface area contributed by atoms with Gasteiger partial charge in [0, 0.05) is 31.7 Å². The van der Waals surface area contributed by atoms with Crippen molar-refractivity contribution in [2.75, 3.05) is 46.0 Å².